The van der Waals surface area contributed by atoms with Crippen molar-refractivity contribution in [2.75, 3.05) is 38.2 Å². The van der Waals surface area contributed by atoms with Crippen LogP contribution in [0.2, 0.25) is 0 Å². The first-order valence-electron chi connectivity index (χ1n) is 11.0. The van der Waals surface area contributed by atoms with Crippen LogP contribution in [0, 0.1) is 0 Å². The van der Waals surface area contributed by atoms with Gasteiger partial charge in [0.2, 0.25) is 0 Å². The first-order chi connectivity index (χ1) is 15.5. The van der Waals surface area contributed by atoms with Gasteiger partial charge >= 0.3 is 5.97 Å². The molecule has 0 saturated carbocycles. The van der Waals surface area contributed by atoms with Gasteiger partial charge < -0.3 is 19.7 Å². The maximum atomic E-state index is 13.1. The SMILES string of the molecule is CCOC(=O)c1c(NC(=O)c2cc(C(=O)N3CCOCC3)nn2C)sc2c1CCCCC2. The third-order valence-electron chi connectivity index (χ3n) is 5.76. The van der Waals surface area contributed by atoms with E-state index in [9.17, 15) is 14.4 Å². The Hall–Kier alpha value is -2.72. The lowest BCUT2D eigenvalue weighted by molar-refractivity contribution is 0.0298. The Kier molecular flexibility index (Phi) is 6.90. The highest BCUT2D eigenvalue weighted by atomic mass is 32.1. The van der Waals surface area contributed by atoms with Gasteiger partial charge in [0, 0.05) is 31.1 Å². The van der Waals surface area contributed by atoms with E-state index in [2.05, 4.69) is 10.4 Å². The smallest absolute Gasteiger partial charge is 0.341 e. The van der Waals surface area contributed by atoms with Gasteiger partial charge in [0.05, 0.1) is 25.4 Å². The molecule has 4 rings (SSSR count). The quantitative estimate of drug-likeness (QED) is 0.544. The lowest BCUT2D eigenvalue weighted by atomic mass is 10.1. The largest absolute Gasteiger partial charge is 0.462 e. The minimum Gasteiger partial charge on any atom is -0.462 e. The van der Waals surface area contributed by atoms with E-state index in [0.717, 1.165) is 42.5 Å². The number of rotatable bonds is 5. The molecule has 0 radical (unpaired) electrons. The molecule has 0 atom stereocenters. The number of nitrogens with zero attached hydrogens (tertiary/aromatic N) is 3. The lowest BCUT2D eigenvalue weighted by Crippen LogP contribution is -2.40. The van der Waals surface area contributed by atoms with Gasteiger partial charge in [-0.05, 0) is 38.2 Å². The van der Waals surface area contributed by atoms with Gasteiger partial charge in [-0.15, -0.1) is 11.3 Å². The summed E-state index contributed by atoms with van der Waals surface area (Å²) in [4.78, 5) is 41.4. The van der Waals surface area contributed by atoms with Gasteiger partial charge in [-0.2, -0.15) is 5.10 Å². The number of ether oxygens (including phenoxy) is 2. The molecule has 1 fully saturated rings. The monoisotopic (exact) mass is 460 g/mol. The topological polar surface area (TPSA) is 103 Å². The summed E-state index contributed by atoms with van der Waals surface area (Å²) in [5, 5.41) is 7.64. The Bertz CT molecular complexity index is 1020. The standard InChI is InChI=1S/C22H28N4O5S/c1-3-31-22(29)18-14-7-5-4-6-8-17(14)32-20(18)23-19(27)16-13-15(24-25(16)2)21(28)26-9-11-30-12-10-26/h13H,3-12H2,1-2H3,(H,23,27). The highest BCUT2D eigenvalue weighted by Crippen LogP contribution is 2.38. The fourth-order valence-electron chi connectivity index (χ4n) is 4.13. The number of hydrogen-bond donors (Lipinski definition) is 1. The van der Waals surface area contributed by atoms with Crippen molar-refractivity contribution in [1.82, 2.24) is 14.7 Å². The molecule has 2 aromatic heterocycles. The van der Waals surface area contributed by atoms with Crippen LogP contribution in [0.1, 0.15) is 68.0 Å². The summed E-state index contributed by atoms with van der Waals surface area (Å²) in [5.41, 5.74) is 1.93. The molecule has 1 N–H and O–H groups in total. The number of aryl methyl sites for hydroxylation is 2. The molecule has 0 unspecified atom stereocenters. The number of amides is 2. The molecule has 3 heterocycles. The molecule has 32 heavy (non-hydrogen) atoms. The van der Waals surface area contributed by atoms with E-state index in [1.54, 1.807) is 18.9 Å². The van der Waals surface area contributed by atoms with Gasteiger partial charge in [-0.3, -0.25) is 14.3 Å². The van der Waals surface area contributed by atoms with Gasteiger partial charge in [0.25, 0.3) is 11.8 Å². The summed E-state index contributed by atoms with van der Waals surface area (Å²) < 4.78 is 12.0. The number of fused-ring (bicyclic) bond motifs is 1. The summed E-state index contributed by atoms with van der Waals surface area (Å²) in [7, 11) is 1.63. The van der Waals surface area contributed by atoms with Gasteiger partial charge in [0.15, 0.2) is 5.69 Å². The molecule has 1 saturated heterocycles. The summed E-state index contributed by atoms with van der Waals surface area (Å²) in [6.45, 7) is 4.02. The summed E-state index contributed by atoms with van der Waals surface area (Å²) in [6, 6.07) is 1.50. The number of anilines is 1. The Morgan fingerprint density at radius 2 is 1.94 bits per heavy atom. The number of carbonyl (C=O) groups is 3. The molecule has 2 aromatic rings. The second-order valence-electron chi connectivity index (χ2n) is 7.89. The van der Waals surface area contributed by atoms with E-state index in [1.165, 1.54) is 22.1 Å². The third kappa shape index (κ3) is 4.56. The van der Waals surface area contributed by atoms with Crippen molar-refractivity contribution in [3.8, 4) is 0 Å². The van der Waals surface area contributed by atoms with Crippen LogP contribution < -0.4 is 5.32 Å². The molecule has 0 bridgehead atoms. The van der Waals surface area contributed by atoms with E-state index < -0.39 is 11.9 Å². The number of hydrogen-bond acceptors (Lipinski definition) is 7. The van der Waals surface area contributed by atoms with Crippen LogP contribution in [-0.2, 0) is 29.4 Å². The van der Waals surface area contributed by atoms with Gasteiger partial charge in [0.1, 0.15) is 10.7 Å². The van der Waals surface area contributed by atoms with Crippen molar-refractivity contribution in [2.24, 2.45) is 7.05 Å². The van der Waals surface area contributed by atoms with Crippen LogP contribution in [0.15, 0.2) is 6.07 Å². The number of morpholine rings is 1. The van der Waals surface area contributed by atoms with E-state index in [4.69, 9.17) is 9.47 Å². The van der Waals surface area contributed by atoms with Gasteiger partial charge in [-0.25, -0.2) is 4.79 Å². The van der Waals surface area contributed by atoms with Crippen LogP contribution in [0.4, 0.5) is 5.00 Å². The maximum absolute atomic E-state index is 13.1. The van der Waals surface area contributed by atoms with Crippen LogP contribution >= 0.6 is 11.3 Å². The number of thiophene rings is 1. The zero-order valence-electron chi connectivity index (χ0n) is 18.4. The van der Waals surface area contributed by atoms with Crippen LogP contribution in [-0.4, -0.2) is 65.4 Å². The molecule has 1 aliphatic carbocycles. The third-order valence-corrected chi connectivity index (χ3v) is 6.97. The van der Waals surface area contributed by atoms with Crippen molar-refractivity contribution in [3.05, 3.63) is 33.5 Å². The number of esters is 1. The summed E-state index contributed by atoms with van der Waals surface area (Å²) in [6.07, 6.45) is 4.91. The van der Waals surface area contributed by atoms with Crippen molar-refractivity contribution in [1.29, 1.82) is 0 Å². The van der Waals surface area contributed by atoms with Crippen LogP contribution in [0.3, 0.4) is 0 Å². The second kappa shape index (κ2) is 9.83. The van der Waals surface area contributed by atoms with E-state index in [-0.39, 0.29) is 23.9 Å². The molecular weight excluding hydrogens is 432 g/mol. The van der Waals surface area contributed by atoms with Crippen molar-refractivity contribution < 1.29 is 23.9 Å². The lowest BCUT2D eigenvalue weighted by Gasteiger charge is -2.25. The Morgan fingerprint density at radius 1 is 1.19 bits per heavy atom. The zero-order chi connectivity index (χ0) is 22.7. The predicted molar refractivity (Wildman–Crippen MR) is 119 cm³/mol. The molecule has 10 heteroatoms. The van der Waals surface area contributed by atoms with Crippen molar-refractivity contribution in [3.63, 3.8) is 0 Å². The molecule has 0 spiro atoms. The molecule has 9 nitrogen and oxygen atoms in total. The van der Waals surface area contributed by atoms with Gasteiger partial charge in [-0.1, -0.05) is 6.42 Å². The molecular formula is C22H28N4O5S. The first kappa shape index (κ1) is 22.5. The fraction of sp³-hybridized carbons (Fsp3) is 0.545. The summed E-state index contributed by atoms with van der Waals surface area (Å²) in [5.74, 6) is -1.05. The predicted octanol–water partition coefficient (Wildman–Crippen LogP) is 2.65. The van der Waals surface area contributed by atoms with Crippen LogP contribution in [0.25, 0.3) is 0 Å². The number of nitrogens with one attached hydrogen (secondary N) is 1. The number of aromatic nitrogens is 2. The molecule has 2 amide bonds. The van der Waals surface area contributed by atoms with E-state index in [1.807, 2.05) is 0 Å². The van der Waals surface area contributed by atoms with E-state index in [0.29, 0.717) is 36.9 Å². The second-order valence-corrected chi connectivity index (χ2v) is 8.99. The molecule has 2 aliphatic rings. The Morgan fingerprint density at radius 3 is 2.69 bits per heavy atom. The average Bonchev–Trinajstić information content (AvgIpc) is 3.25. The van der Waals surface area contributed by atoms with E-state index >= 15 is 0 Å². The Labute approximate surface area is 190 Å². The van der Waals surface area contributed by atoms with Crippen molar-refractivity contribution in [2.45, 2.75) is 39.0 Å². The maximum Gasteiger partial charge on any atom is 0.341 e. The first-order valence-corrected chi connectivity index (χ1v) is 11.8. The molecule has 172 valence electrons. The highest BCUT2D eigenvalue weighted by molar-refractivity contribution is 7.17. The minimum absolute atomic E-state index is 0.215. The van der Waals surface area contributed by atoms with Crippen molar-refractivity contribution >= 4 is 34.1 Å². The zero-order valence-corrected chi connectivity index (χ0v) is 19.3. The van der Waals surface area contributed by atoms with Crippen LogP contribution in [0.5, 0.6) is 0 Å². The highest BCUT2D eigenvalue weighted by Gasteiger charge is 2.28. The number of carbonyl (C=O) groups excluding carboxylic acids is 3. The molecule has 1 aliphatic heterocycles. The normalized spacial score (nSPS) is 16.2. The Balaban J connectivity index is 1.58. The average molecular weight is 461 g/mol. The fourth-order valence-corrected chi connectivity index (χ4v) is 5.40. The minimum atomic E-state index is -0.414. The molecule has 0 aromatic carbocycles. The summed E-state index contributed by atoms with van der Waals surface area (Å²) >= 11 is 1.44.